The van der Waals surface area contributed by atoms with Gasteiger partial charge in [0.05, 0.1) is 0 Å². The second-order valence-electron chi connectivity index (χ2n) is 4.52. The van der Waals surface area contributed by atoms with Gasteiger partial charge in [0.15, 0.2) is 0 Å². The summed E-state index contributed by atoms with van der Waals surface area (Å²) in [6.07, 6.45) is 2.18. The van der Waals surface area contributed by atoms with Crippen molar-refractivity contribution in [3.8, 4) is 11.1 Å². The first-order valence-electron chi connectivity index (χ1n) is 6.44. The number of rotatable bonds is 3. The predicted octanol–water partition coefficient (Wildman–Crippen LogP) is 4.79. The molecule has 0 heteroatoms. The lowest BCUT2D eigenvalue weighted by Gasteiger charge is -2.13. The minimum absolute atomic E-state index is 1.09. The van der Waals surface area contributed by atoms with Crippen LogP contribution in [0.1, 0.15) is 30.5 Å². The van der Waals surface area contributed by atoms with Crippen molar-refractivity contribution in [2.75, 3.05) is 0 Å². The van der Waals surface area contributed by atoms with E-state index in [1.54, 1.807) is 0 Å². The summed E-state index contributed by atoms with van der Waals surface area (Å²) in [5.74, 6) is 0. The first-order valence-corrected chi connectivity index (χ1v) is 6.44. The minimum atomic E-state index is 1.09. The fourth-order valence-electron chi connectivity index (χ4n) is 2.34. The summed E-state index contributed by atoms with van der Waals surface area (Å²) in [5, 5.41) is 0. The van der Waals surface area contributed by atoms with Crippen LogP contribution in [0.4, 0.5) is 0 Å². The molecule has 17 heavy (non-hydrogen) atoms. The molecule has 0 radical (unpaired) electrons. The zero-order valence-electron chi connectivity index (χ0n) is 11.0. The van der Waals surface area contributed by atoms with Crippen molar-refractivity contribution in [1.29, 1.82) is 0 Å². The van der Waals surface area contributed by atoms with Crippen molar-refractivity contribution in [2.45, 2.75) is 33.6 Å². The molecule has 0 nitrogen and oxygen atoms in total. The molecule has 0 heterocycles. The van der Waals surface area contributed by atoms with Gasteiger partial charge in [-0.05, 0) is 42.0 Å². The number of hydrogen-bond acceptors (Lipinski definition) is 0. The highest BCUT2D eigenvalue weighted by Crippen LogP contribution is 2.28. The van der Waals surface area contributed by atoms with Crippen LogP contribution < -0.4 is 0 Å². The van der Waals surface area contributed by atoms with Crippen molar-refractivity contribution in [1.82, 2.24) is 0 Å². The van der Waals surface area contributed by atoms with E-state index in [2.05, 4.69) is 63.2 Å². The van der Waals surface area contributed by atoms with Gasteiger partial charge in [0.25, 0.3) is 0 Å². The molecule has 0 aromatic heterocycles. The van der Waals surface area contributed by atoms with Gasteiger partial charge < -0.3 is 0 Å². The monoisotopic (exact) mass is 224 g/mol. The third-order valence-electron chi connectivity index (χ3n) is 3.33. The van der Waals surface area contributed by atoms with Gasteiger partial charge in [-0.3, -0.25) is 0 Å². The zero-order valence-corrected chi connectivity index (χ0v) is 11.0. The summed E-state index contributed by atoms with van der Waals surface area (Å²) in [4.78, 5) is 0. The minimum Gasteiger partial charge on any atom is -0.0620 e. The Morgan fingerprint density at radius 3 is 2.12 bits per heavy atom. The lowest BCUT2D eigenvalue weighted by molar-refractivity contribution is 1.12. The Kier molecular flexibility index (Phi) is 3.63. The Bertz CT molecular complexity index is 509. The molecule has 0 amide bonds. The molecular weight excluding hydrogens is 204 g/mol. The maximum Gasteiger partial charge on any atom is -0.0147 e. The third kappa shape index (κ3) is 2.41. The number of hydrogen-bond donors (Lipinski definition) is 0. The normalized spacial score (nSPS) is 10.5. The van der Waals surface area contributed by atoms with E-state index in [-0.39, 0.29) is 0 Å². The van der Waals surface area contributed by atoms with Crippen LogP contribution in [0, 0.1) is 6.92 Å². The second-order valence-corrected chi connectivity index (χ2v) is 4.52. The standard InChI is InChI=1S/C17H20/c1-4-14-8-6-7-9-16(14)17-12-13(3)10-11-15(17)5-2/h6-12H,4-5H2,1-3H3. The fourth-order valence-corrected chi connectivity index (χ4v) is 2.34. The quantitative estimate of drug-likeness (QED) is 0.703. The van der Waals surface area contributed by atoms with Gasteiger partial charge >= 0.3 is 0 Å². The average Bonchev–Trinajstić information content (AvgIpc) is 2.38. The molecular formula is C17H20. The van der Waals surface area contributed by atoms with Gasteiger partial charge in [-0.15, -0.1) is 0 Å². The molecule has 0 fully saturated rings. The van der Waals surface area contributed by atoms with Gasteiger partial charge in [-0.1, -0.05) is 61.9 Å². The average molecular weight is 224 g/mol. The first kappa shape index (κ1) is 11.9. The molecule has 0 aliphatic carbocycles. The van der Waals surface area contributed by atoms with E-state index in [1.807, 2.05) is 0 Å². The lowest BCUT2D eigenvalue weighted by atomic mass is 9.92. The summed E-state index contributed by atoms with van der Waals surface area (Å²) in [6.45, 7) is 6.61. The summed E-state index contributed by atoms with van der Waals surface area (Å²) in [6, 6.07) is 15.5. The van der Waals surface area contributed by atoms with Gasteiger partial charge in [-0.2, -0.15) is 0 Å². The van der Waals surface area contributed by atoms with Gasteiger partial charge in [0.2, 0.25) is 0 Å². The van der Waals surface area contributed by atoms with Crippen LogP contribution in [0.3, 0.4) is 0 Å². The van der Waals surface area contributed by atoms with Gasteiger partial charge in [-0.25, -0.2) is 0 Å². The number of aryl methyl sites for hydroxylation is 3. The van der Waals surface area contributed by atoms with Crippen molar-refractivity contribution in [2.24, 2.45) is 0 Å². The molecule has 0 unspecified atom stereocenters. The molecule has 0 bridgehead atoms. The van der Waals surface area contributed by atoms with E-state index in [0.29, 0.717) is 0 Å². The highest BCUT2D eigenvalue weighted by Gasteiger charge is 2.07. The molecule has 0 N–H and O–H groups in total. The van der Waals surface area contributed by atoms with Gasteiger partial charge in [0.1, 0.15) is 0 Å². The molecule has 0 saturated carbocycles. The van der Waals surface area contributed by atoms with Crippen molar-refractivity contribution >= 4 is 0 Å². The van der Waals surface area contributed by atoms with Crippen molar-refractivity contribution in [3.05, 3.63) is 59.2 Å². The number of benzene rings is 2. The van der Waals surface area contributed by atoms with Crippen molar-refractivity contribution < 1.29 is 0 Å². The molecule has 2 rings (SSSR count). The molecule has 0 aliphatic rings. The molecule has 0 spiro atoms. The zero-order chi connectivity index (χ0) is 12.3. The Hall–Kier alpha value is -1.56. The van der Waals surface area contributed by atoms with Crippen LogP contribution in [0.25, 0.3) is 11.1 Å². The maximum atomic E-state index is 2.31. The third-order valence-corrected chi connectivity index (χ3v) is 3.33. The summed E-state index contributed by atoms with van der Waals surface area (Å²) >= 11 is 0. The van der Waals surface area contributed by atoms with Crippen LogP contribution in [-0.4, -0.2) is 0 Å². The summed E-state index contributed by atoms with van der Waals surface area (Å²) in [7, 11) is 0. The van der Waals surface area contributed by atoms with Crippen LogP contribution in [0.15, 0.2) is 42.5 Å². The fraction of sp³-hybridized carbons (Fsp3) is 0.294. The topological polar surface area (TPSA) is 0 Å². The van der Waals surface area contributed by atoms with Crippen LogP contribution in [-0.2, 0) is 12.8 Å². The smallest absolute Gasteiger partial charge is 0.0147 e. The summed E-state index contributed by atoms with van der Waals surface area (Å²) < 4.78 is 0. The van der Waals surface area contributed by atoms with E-state index >= 15 is 0 Å². The lowest BCUT2D eigenvalue weighted by Crippen LogP contribution is -1.93. The molecule has 2 aromatic carbocycles. The molecule has 0 atom stereocenters. The van der Waals surface area contributed by atoms with Crippen LogP contribution in [0.5, 0.6) is 0 Å². The largest absolute Gasteiger partial charge is 0.0620 e. The molecule has 0 saturated heterocycles. The van der Waals surface area contributed by atoms with Crippen LogP contribution >= 0.6 is 0 Å². The Morgan fingerprint density at radius 1 is 0.765 bits per heavy atom. The SMILES string of the molecule is CCc1ccccc1-c1cc(C)ccc1CC. The molecule has 2 aromatic rings. The highest BCUT2D eigenvalue weighted by molar-refractivity contribution is 5.71. The predicted molar refractivity (Wildman–Crippen MR) is 75.4 cm³/mol. The van der Waals surface area contributed by atoms with Crippen LogP contribution in [0.2, 0.25) is 0 Å². The Balaban J connectivity index is 2.62. The summed E-state index contributed by atoms with van der Waals surface area (Å²) in [5.41, 5.74) is 7.02. The van der Waals surface area contributed by atoms with Gasteiger partial charge in [0, 0.05) is 0 Å². The Morgan fingerprint density at radius 2 is 1.41 bits per heavy atom. The second kappa shape index (κ2) is 5.18. The van der Waals surface area contributed by atoms with E-state index < -0.39 is 0 Å². The first-order chi connectivity index (χ1) is 8.26. The highest BCUT2D eigenvalue weighted by atomic mass is 14.1. The maximum absolute atomic E-state index is 2.31. The van der Waals surface area contributed by atoms with E-state index in [9.17, 15) is 0 Å². The molecule has 88 valence electrons. The van der Waals surface area contributed by atoms with Crippen molar-refractivity contribution in [3.63, 3.8) is 0 Å². The van der Waals surface area contributed by atoms with E-state index in [4.69, 9.17) is 0 Å². The van der Waals surface area contributed by atoms with E-state index in [1.165, 1.54) is 27.8 Å². The molecule has 0 aliphatic heterocycles. The Labute approximate surface area is 104 Å². The van der Waals surface area contributed by atoms with E-state index in [0.717, 1.165) is 12.8 Å².